The van der Waals surface area contributed by atoms with Crippen LogP contribution in [0.2, 0.25) is 0 Å². The minimum absolute atomic E-state index is 0.487. The quantitative estimate of drug-likeness (QED) is 0.542. The van der Waals surface area contributed by atoms with Gasteiger partial charge in [-0.3, -0.25) is 0 Å². The Morgan fingerprint density at radius 3 is 2.73 bits per heavy atom. The Bertz CT molecular complexity index is 510. The Labute approximate surface area is 134 Å². The van der Waals surface area contributed by atoms with Crippen LogP contribution >= 0.6 is 0 Å². The average Bonchev–Trinajstić information content (AvgIpc) is 2.48. The van der Waals surface area contributed by atoms with Gasteiger partial charge in [0.05, 0.1) is 31.8 Å². The Hall–Kier alpha value is -1.55. The first kappa shape index (κ1) is 16.8. The summed E-state index contributed by atoms with van der Waals surface area (Å²) in [6, 6.07) is 4.19. The van der Waals surface area contributed by atoms with Gasteiger partial charge in [0, 0.05) is 19.7 Å². The minimum Gasteiger partial charge on any atom is -0.496 e. The second-order valence-corrected chi connectivity index (χ2v) is 5.94. The lowest BCUT2D eigenvalue weighted by Gasteiger charge is -2.25. The fraction of sp³-hybridized carbons (Fsp3) is 0.611. The first-order valence-electron chi connectivity index (χ1n) is 8.17. The van der Waals surface area contributed by atoms with Crippen LogP contribution in [0.25, 0.3) is 0 Å². The Morgan fingerprint density at radius 2 is 2.14 bits per heavy atom. The summed E-state index contributed by atoms with van der Waals surface area (Å²) < 4.78 is 11.4. The van der Waals surface area contributed by atoms with Crippen molar-refractivity contribution in [1.29, 1.82) is 0 Å². The molecule has 1 aliphatic carbocycles. The van der Waals surface area contributed by atoms with Gasteiger partial charge >= 0.3 is 0 Å². The molecule has 0 amide bonds. The fourth-order valence-corrected chi connectivity index (χ4v) is 2.38. The summed E-state index contributed by atoms with van der Waals surface area (Å²) in [6.45, 7) is 5.90. The van der Waals surface area contributed by atoms with E-state index in [-0.39, 0.29) is 0 Å². The van der Waals surface area contributed by atoms with E-state index in [0.717, 1.165) is 31.0 Å². The highest BCUT2D eigenvalue weighted by atomic mass is 16.5. The summed E-state index contributed by atoms with van der Waals surface area (Å²) in [7, 11) is 3.73. The molecule has 0 heterocycles. The highest BCUT2D eigenvalue weighted by molar-refractivity contribution is 5.64. The molecule has 1 aromatic carbocycles. The summed E-state index contributed by atoms with van der Waals surface area (Å²) in [5.41, 5.74) is 3.32. The lowest BCUT2D eigenvalue weighted by molar-refractivity contribution is 0.00398. The second kappa shape index (κ2) is 8.18. The van der Waals surface area contributed by atoms with Gasteiger partial charge in [-0.05, 0) is 50.7 Å². The molecule has 122 valence electrons. The van der Waals surface area contributed by atoms with E-state index in [1.165, 1.54) is 30.4 Å². The third kappa shape index (κ3) is 4.47. The molecule has 1 fully saturated rings. The van der Waals surface area contributed by atoms with Gasteiger partial charge in [0.25, 0.3) is 0 Å². The summed E-state index contributed by atoms with van der Waals surface area (Å²) in [5.74, 6) is 0.897. The van der Waals surface area contributed by atoms with Crippen molar-refractivity contribution in [2.24, 2.45) is 4.99 Å². The molecule has 0 radical (unpaired) electrons. The third-order valence-electron chi connectivity index (χ3n) is 4.27. The van der Waals surface area contributed by atoms with Crippen molar-refractivity contribution in [3.05, 3.63) is 23.3 Å². The minimum atomic E-state index is 0.487. The smallest absolute Gasteiger partial charge is 0.124 e. The lowest BCUT2D eigenvalue weighted by atomic mass is 9.96. The highest BCUT2D eigenvalue weighted by Crippen LogP contribution is 2.30. The van der Waals surface area contributed by atoms with Gasteiger partial charge in [-0.25, -0.2) is 4.99 Å². The van der Waals surface area contributed by atoms with E-state index in [1.54, 1.807) is 7.11 Å². The summed E-state index contributed by atoms with van der Waals surface area (Å²) in [6.07, 6.45) is 6.98. The maximum atomic E-state index is 5.85. The monoisotopic (exact) mass is 304 g/mol. The highest BCUT2D eigenvalue weighted by Gasteiger charge is 2.17. The topological polar surface area (TPSA) is 34.1 Å². The molecule has 0 atom stereocenters. The van der Waals surface area contributed by atoms with E-state index in [9.17, 15) is 0 Å². The summed E-state index contributed by atoms with van der Waals surface area (Å²) in [4.78, 5) is 6.59. The number of benzene rings is 1. The van der Waals surface area contributed by atoms with Crippen LogP contribution in [0.4, 0.5) is 5.69 Å². The predicted octanol–water partition coefficient (Wildman–Crippen LogP) is 3.73. The number of hydrogen-bond donors (Lipinski definition) is 0. The van der Waals surface area contributed by atoms with Crippen LogP contribution in [0, 0.1) is 6.92 Å². The van der Waals surface area contributed by atoms with E-state index in [2.05, 4.69) is 24.9 Å². The normalized spacial score (nSPS) is 15.1. The third-order valence-corrected chi connectivity index (χ3v) is 4.27. The Morgan fingerprint density at radius 1 is 1.36 bits per heavy atom. The number of rotatable bonds is 8. The van der Waals surface area contributed by atoms with Crippen LogP contribution < -0.4 is 4.74 Å². The van der Waals surface area contributed by atoms with Crippen molar-refractivity contribution in [3.63, 3.8) is 0 Å². The van der Waals surface area contributed by atoms with Crippen LogP contribution in [0.1, 0.15) is 37.3 Å². The zero-order valence-electron chi connectivity index (χ0n) is 14.3. The standard InChI is InChI=1S/C18H28N2O2/c1-5-20(3)13-19-17-12-18(21-4)15(11-14(17)2)9-10-22-16-7-6-8-16/h11-13,16H,5-10H2,1-4H3/b19-13+. The molecule has 0 bridgehead atoms. The van der Waals surface area contributed by atoms with Crippen molar-refractivity contribution in [1.82, 2.24) is 4.90 Å². The van der Waals surface area contributed by atoms with Crippen LogP contribution in [0.3, 0.4) is 0 Å². The molecule has 0 saturated heterocycles. The van der Waals surface area contributed by atoms with Gasteiger partial charge in [0.2, 0.25) is 0 Å². The lowest BCUT2D eigenvalue weighted by Crippen LogP contribution is -2.22. The van der Waals surface area contributed by atoms with E-state index < -0.39 is 0 Å². The van der Waals surface area contributed by atoms with Gasteiger partial charge in [-0.15, -0.1) is 0 Å². The number of aryl methyl sites for hydroxylation is 1. The number of nitrogens with zero attached hydrogens (tertiary/aromatic N) is 2. The van der Waals surface area contributed by atoms with E-state index in [4.69, 9.17) is 9.47 Å². The number of methoxy groups -OCH3 is 1. The molecule has 4 heteroatoms. The molecule has 0 unspecified atom stereocenters. The number of ether oxygens (including phenoxy) is 2. The Kier molecular flexibility index (Phi) is 6.25. The van der Waals surface area contributed by atoms with Crippen molar-refractivity contribution in [2.45, 2.75) is 45.6 Å². The van der Waals surface area contributed by atoms with Crippen molar-refractivity contribution in [3.8, 4) is 5.75 Å². The molecule has 1 saturated carbocycles. The van der Waals surface area contributed by atoms with Crippen LogP contribution in [-0.2, 0) is 11.2 Å². The molecule has 0 spiro atoms. The second-order valence-electron chi connectivity index (χ2n) is 5.94. The molecule has 4 nitrogen and oxygen atoms in total. The van der Waals surface area contributed by atoms with Crippen LogP contribution in [0.15, 0.2) is 17.1 Å². The molecule has 0 aliphatic heterocycles. The van der Waals surface area contributed by atoms with E-state index in [1.807, 2.05) is 24.4 Å². The molecular weight excluding hydrogens is 276 g/mol. The molecule has 1 aromatic rings. The maximum Gasteiger partial charge on any atom is 0.124 e. The van der Waals surface area contributed by atoms with Crippen molar-refractivity contribution in [2.75, 3.05) is 27.3 Å². The Balaban J connectivity index is 2.03. The largest absolute Gasteiger partial charge is 0.496 e. The predicted molar refractivity (Wildman–Crippen MR) is 91.5 cm³/mol. The van der Waals surface area contributed by atoms with Crippen LogP contribution in [0.5, 0.6) is 5.75 Å². The maximum absolute atomic E-state index is 5.85. The first-order valence-corrected chi connectivity index (χ1v) is 8.17. The van der Waals surface area contributed by atoms with E-state index in [0.29, 0.717) is 6.10 Å². The van der Waals surface area contributed by atoms with Crippen LogP contribution in [-0.4, -0.2) is 44.7 Å². The molecule has 0 aromatic heterocycles. The molecule has 22 heavy (non-hydrogen) atoms. The SMILES string of the molecule is CCN(C)/C=N/c1cc(OC)c(CCOC2CCC2)cc1C. The zero-order valence-corrected chi connectivity index (χ0v) is 14.3. The van der Waals surface area contributed by atoms with E-state index >= 15 is 0 Å². The molecule has 0 N–H and O–H groups in total. The number of aliphatic imine (C=N–C) groups is 1. The van der Waals surface area contributed by atoms with Crippen molar-refractivity contribution < 1.29 is 9.47 Å². The summed E-state index contributed by atoms with van der Waals surface area (Å²) in [5, 5.41) is 0. The fourth-order valence-electron chi connectivity index (χ4n) is 2.38. The van der Waals surface area contributed by atoms with Gasteiger partial charge in [0.15, 0.2) is 0 Å². The van der Waals surface area contributed by atoms with Gasteiger partial charge in [-0.1, -0.05) is 6.07 Å². The van der Waals surface area contributed by atoms with Gasteiger partial charge in [-0.2, -0.15) is 0 Å². The van der Waals surface area contributed by atoms with Gasteiger partial charge in [0.1, 0.15) is 5.75 Å². The first-order chi connectivity index (χ1) is 10.6. The zero-order chi connectivity index (χ0) is 15.9. The van der Waals surface area contributed by atoms with Crippen molar-refractivity contribution >= 4 is 12.0 Å². The molecule has 2 rings (SSSR count). The van der Waals surface area contributed by atoms with Gasteiger partial charge < -0.3 is 14.4 Å². The average molecular weight is 304 g/mol. The summed E-state index contributed by atoms with van der Waals surface area (Å²) >= 11 is 0. The molecular formula is C18H28N2O2. The molecule has 1 aliphatic rings. The number of hydrogen-bond acceptors (Lipinski definition) is 3.